The van der Waals surface area contributed by atoms with Crippen LogP contribution in [0.4, 0.5) is 4.39 Å². The molecule has 1 heterocycles. The molecule has 0 saturated heterocycles. The molecule has 1 N–H and O–H groups in total. The van der Waals surface area contributed by atoms with Crippen LogP contribution in [0.5, 0.6) is 5.75 Å². The van der Waals surface area contributed by atoms with Gasteiger partial charge < -0.3 is 14.4 Å². The number of hydrogen-bond donors (Lipinski definition) is 1. The van der Waals surface area contributed by atoms with Gasteiger partial charge >= 0.3 is 5.97 Å². The Morgan fingerprint density at radius 3 is 2.57 bits per heavy atom. The number of aromatic nitrogens is 1. The van der Waals surface area contributed by atoms with Crippen molar-refractivity contribution in [3.63, 3.8) is 0 Å². The number of alkyl halides is 1. The number of fused-ring (bicyclic) bond motifs is 1. The first-order chi connectivity index (χ1) is 10.2. The van der Waals surface area contributed by atoms with Crippen LogP contribution < -0.4 is 4.74 Å². The molecule has 3 aromatic rings. The van der Waals surface area contributed by atoms with Gasteiger partial charge in [-0.3, -0.25) is 0 Å². The lowest BCUT2D eigenvalue weighted by atomic mass is 10.1. The molecule has 0 aliphatic rings. The molecule has 1 aromatic heterocycles. The molecule has 106 valence electrons. The zero-order chi connectivity index (χ0) is 14.8. The summed E-state index contributed by atoms with van der Waals surface area (Å²) < 4.78 is 18.8. The SMILES string of the molecule is O=C(O)c1ccc2c(ccn2-c2ccc(OCF)cc2)c1. The smallest absolute Gasteiger partial charge is 0.335 e. The number of carboxylic acids is 1. The van der Waals surface area contributed by atoms with Crippen molar-refractivity contribution < 1.29 is 19.0 Å². The van der Waals surface area contributed by atoms with E-state index in [4.69, 9.17) is 9.84 Å². The first-order valence-electron chi connectivity index (χ1n) is 6.32. The van der Waals surface area contributed by atoms with Gasteiger partial charge in [-0.2, -0.15) is 0 Å². The van der Waals surface area contributed by atoms with Crippen molar-refractivity contribution in [2.24, 2.45) is 0 Å². The van der Waals surface area contributed by atoms with E-state index >= 15 is 0 Å². The van der Waals surface area contributed by atoms with E-state index in [2.05, 4.69) is 0 Å². The molecule has 0 aliphatic carbocycles. The lowest BCUT2D eigenvalue weighted by molar-refractivity contribution is 0.0697. The fourth-order valence-corrected chi connectivity index (χ4v) is 2.27. The highest BCUT2D eigenvalue weighted by atomic mass is 19.1. The molecule has 0 unspecified atom stereocenters. The molecule has 0 radical (unpaired) electrons. The van der Waals surface area contributed by atoms with Gasteiger partial charge in [0.1, 0.15) is 5.75 Å². The Morgan fingerprint density at radius 1 is 1.14 bits per heavy atom. The molecule has 0 amide bonds. The second-order valence-corrected chi connectivity index (χ2v) is 4.51. The average Bonchev–Trinajstić information content (AvgIpc) is 2.91. The van der Waals surface area contributed by atoms with E-state index in [0.29, 0.717) is 5.75 Å². The van der Waals surface area contributed by atoms with Gasteiger partial charge in [-0.1, -0.05) is 0 Å². The molecular formula is C16H12FNO3. The van der Waals surface area contributed by atoms with E-state index in [1.54, 1.807) is 30.3 Å². The minimum atomic E-state index is -0.947. The third-order valence-electron chi connectivity index (χ3n) is 3.27. The van der Waals surface area contributed by atoms with Gasteiger partial charge in [0.15, 0.2) is 0 Å². The molecular weight excluding hydrogens is 273 g/mol. The maximum Gasteiger partial charge on any atom is 0.335 e. The predicted octanol–water partition coefficient (Wildman–Crippen LogP) is 3.63. The average molecular weight is 285 g/mol. The van der Waals surface area contributed by atoms with Crippen molar-refractivity contribution in [2.75, 3.05) is 6.86 Å². The van der Waals surface area contributed by atoms with Gasteiger partial charge in [-0.05, 0) is 48.5 Å². The van der Waals surface area contributed by atoms with Crippen molar-refractivity contribution in [1.29, 1.82) is 0 Å². The number of aromatic carboxylic acids is 1. The van der Waals surface area contributed by atoms with E-state index in [1.165, 1.54) is 0 Å². The summed E-state index contributed by atoms with van der Waals surface area (Å²) in [4.78, 5) is 11.0. The Hall–Kier alpha value is -2.82. The van der Waals surface area contributed by atoms with Crippen LogP contribution >= 0.6 is 0 Å². The first-order valence-corrected chi connectivity index (χ1v) is 6.32. The highest BCUT2D eigenvalue weighted by Crippen LogP contribution is 2.23. The molecule has 4 nitrogen and oxygen atoms in total. The number of hydrogen-bond acceptors (Lipinski definition) is 2. The van der Waals surface area contributed by atoms with Crippen molar-refractivity contribution in [1.82, 2.24) is 4.57 Å². The minimum absolute atomic E-state index is 0.256. The largest absolute Gasteiger partial charge is 0.478 e. The van der Waals surface area contributed by atoms with Crippen LogP contribution in [0.25, 0.3) is 16.6 Å². The molecule has 21 heavy (non-hydrogen) atoms. The molecule has 0 bridgehead atoms. The summed E-state index contributed by atoms with van der Waals surface area (Å²) in [5.74, 6) is -0.483. The summed E-state index contributed by atoms with van der Waals surface area (Å²) in [7, 11) is 0. The summed E-state index contributed by atoms with van der Waals surface area (Å²) in [5.41, 5.74) is 2.05. The third kappa shape index (κ3) is 2.45. The van der Waals surface area contributed by atoms with Gasteiger partial charge in [0, 0.05) is 17.3 Å². The number of nitrogens with zero attached hydrogens (tertiary/aromatic N) is 1. The molecule has 2 aromatic carbocycles. The molecule has 0 spiro atoms. The molecule has 0 saturated carbocycles. The van der Waals surface area contributed by atoms with Crippen molar-refractivity contribution in [3.8, 4) is 11.4 Å². The molecule has 0 fully saturated rings. The van der Waals surface area contributed by atoms with Gasteiger partial charge in [0.05, 0.1) is 11.1 Å². The predicted molar refractivity (Wildman–Crippen MR) is 76.8 cm³/mol. The molecule has 5 heteroatoms. The van der Waals surface area contributed by atoms with E-state index in [1.807, 2.05) is 29.0 Å². The summed E-state index contributed by atoms with van der Waals surface area (Å²) in [6.45, 7) is -0.857. The monoisotopic (exact) mass is 285 g/mol. The number of rotatable bonds is 4. The van der Waals surface area contributed by atoms with Crippen molar-refractivity contribution in [3.05, 3.63) is 60.3 Å². The zero-order valence-corrected chi connectivity index (χ0v) is 11.0. The first kappa shape index (κ1) is 13.2. The zero-order valence-electron chi connectivity index (χ0n) is 11.0. The number of benzene rings is 2. The standard InChI is InChI=1S/C16H12FNO3/c17-10-21-14-4-2-13(3-5-14)18-8-7-11-9-12(16(19)20)1-6-15(11)18/h1-9H,10H2,(H,19,20). The lowest BCUT2D eigenvalue weighted by Gasteiger charge is -2.07. The van der Waals surface area contributed by atoms with Crippen LogP contribution in [0, 0.1) is 0 Å². The lowest BCUT2D eigenvalue weighted by Crippen LogP contribution is -1.96. The Labute approximate surface area is 120 Å². The van der Waals surface area contributed by atoms with Gasteiger partial charge in [-0.15, -0.1) is 0 Å². The van der Waals surface area contributed by atoms with E-state index in [0.717, 1.165) is 16.6 Å². The Kier molecular flexibility index (Phi) is 3.31. The third-order valence-corrected chi connectivity index (χ3v) is 3.27. The summed E-state index contributed by atoms with van der Waals surface area (Å²) in [6.07, 6.45) is 1.86. The van der Waals surface area contributed by atoms with Gasteiger partial charge in [0.2, 0.25) is 6.86 Å². The topological polar surface area (TPSA) is 51.5 Å². The second kappa shape index (κ2) is 5.28. The number of ether oxygens (including phenoxy) is 1. The van der Waals surface area contributed by atoms with Crippen LogP contribution in [0.2, 0.25) is 0 Å². The number of carbonyl (C=O) groups is 1. The van der Waals surface area contributed by atoms with Crippen LogP contribution in [0.15, 0.2) is 54.7 Å². The van der Waals surface area contributed by atoms with Gasteiger partial charge in [-0.25, -0.2) is 9.18 Å². The van der Waals surface area contributed by atoms with Crippen LogP contribution in [-0.4, -0.2) is 22.5 Å². The number of carboxylic acid groups (broad SMARTS) is 1. The summed E-state index contributed by atoms with van der Waals surface area (Å²) >= 11 is 0. The maximum atomic E-state index is 12.1. The fourth-order valence-electron chi connectivity index (χ4n) is 2.27. The summed E-state index contributed by atoms with van der Waals surface area (Å²) in [5, 5.41) is 9.84. The molecule has 0 aliphatic heterocycles. The fraction of sp³-hybridized carbons (Fsp3) is 0.0625. The van der Waals surface area contributed by atoms with Crippen molar-refractivity contribution in [2.45, 2.75) is 0 Å². The Balaban J connectivity index is 2.02. The van der Waals surface area contributed by atoms with Crippen molar-refractivity contribution >= 4 is 16.9 Å². The maximum absolute atomic E-state index is 12.1. The minimum Gasteiger partial charge on any atom is -0.478 e. The second-order valence-electron chi connectivity index (χ2n) is 4.51. The number of halogens is 1. The quantitative estimate of drug-likeness (QED) is 0.796. The van der Waals surface area contributed by atoms with Crippen LogP contribution in [0.1, 0.15) is 10.4 Å². The van der Waals surface area contributed by atoms with Crippen LogP contribution in [-0.2, 0) is 0 Å². The molecule has 3 rings (SSSR count). The normalized spacial score (nSPS) is 10.7. The Morgan fingerprint density at radius 2 is 1.90 bits per heavy atom. The highest BCUT2D eigenvalue weighted by molar-refractivity contribution is 5.94. The van der Waals surface area contributed by atoms with E-state index in [9.17, 15) is 9.18 Å². The highest BCUT2D eigenvalue weighted by Gasteiger charge is 2.07. The Bertz CT molecular complexity index is 793. The van der Waals surface area contributed by atoms with Gasteiger partial charge in [0.25, 0.3) is 0 Å². The van der Waals surface area contributed by atoms with Crippen LogP contribution in [0.3, 0.4) is 0 Å². The van der Waals surface area contributed by atoms with E-state index < -0.39 is 12.8 Å². The summed E-state index contributed by atoms with van der Waals surface area (Å²) in [6, 6.07) is 13.8. The van der Waals surface area contributed by atoms with E-state index in [-0.39, 0.29) is 5.56 Å². The molecule has 0 atom stereocenters.